The first-order valence-electron chi connectivity index (χ1n) is 10.8. The molecule has 2 amide bonds. The predicted molar refractivity (Wildman–Crippen MR) is 127 cm³/mol. The van der Waals surface area contributed by atoms with Crippen molar-refractivity contribution in [2.45, 2.75) is 44.8 Å². The molecule has 1 atom stereocenters. The number of carbonyl (C=O) groups excluding carboxylic acids is 2. The van der Waals surface area contributed by atoms with E-state index in [4.69, 9.17) is 11.6 Å². The molecule has 38 heavy (non-hydrogen) atoms. The Kier molecular flexibility index (Phi) is 9.15. The summed E-state index contributed by atoms with van der Waals surface area (Å²) in [6, 6.07) is 4.10. The molecule has 2 aromatic rings. The lowest BCUT2D eigenvalue weighted by molar-refractivity contribution is -0.348. The van der Waals surface area contributed by atoms with Crippen LogP contribution in [0.2, 0.25) is 5.02 Å². The van der Waals surface area contributed by atoms with E-state index in [-0.39, 0.29) is 39.2 Å². The summed E-state index contributed by atoms with van der Waals surface area (Å²) in [6.07, 6.45) is -12.6. The van der Waals surface area contributed by atoms with Gasteiger partial charge >= 0.3 is 18.0 Å². The van der Waals surface area contributed by atoms with Crippen LogP contribution >= 0.6 is 11.6 Å². The molecule has 0 aromatic heterocycles. The van der Waals surface area contributed by atoms with Crippen LogP contribution in [0.3, 0.4) is 0 Å². The van der Waals surface area contributed by atoms with Crippen molar-refractivity contribution in [3.63, 3.8) is 0 Å². The lowest BCUT2D eigenvalue weighted by Crippen LogP contribution is -2.50. The monoisotopic (exact) mass is 590 g/mol. The number of benzene rings is 2. The van der Waals surface area contributed by atoms with Crippen LogP contribution in [-0.2, 0) is 15.5 Å². The average molecular weight is 591 g/mol. The van der Waals surface area contributed by atoms with Gasteiger partial charge in [-0.05, 0) is 37.6 Å². The van der Waals surface area contributed by atoms with Gasteiger partial charge in [-0.15, -0.1) is 0 Å². The van der Waals surface area contributed by atoms with E-state index in [0.29, 0.717) is 12.1 Å². The minimum absolute atomic E-state index is 0.166. The second-order valence-corrected chi connectivity index (χ2v) is 11.2. The van der Waals surface area contributed by atoms with E-state index in [9.17, 15) is 48.7 Å². The summed E-state index contributed by atoms with van der Waals surface area (Å²) in [4.78, 5) is 25.7. The number of nitrogens with one attached hydrogen (secondary N) is 2. The fraction of sp³-hybridized carbons (Fsp3) is 0.391. The van der Waals surface area contributed by atoms with Crippen molar-refractivity contribution in [1.29, 1.82) is 0 Å². The zero-order chi connectivity index (χ0) is 29.3. The average Bonchev–Trinajstić information content (AvgIpc) is 2.77. The van der Waals surface area contributed by atoms with Gasteiger partial charge in [0.1, 0.15) is 0 Å². The Morgan fingerprint density at radius 1 is 0.974 bits per heavy atom. The van der Waals surface area contributed by atoms with Gasteiger partial charge in [-0.1, -0.05) is 36.7 Å². The molecule has 0 aliphatic rings. The third-order valence-electron chi connectivity index (χ3n) is 5.46. The van der Waals surface area contributed by atoms with Crippen molar-refractivity contribution in [3.05, 3.63) is 63.7 Å². The highest BCUT2D eigenvalue weighted by Crippen LogP contribution is 2.53. The van der Waals surface area contributed by atoms with Gasteiger partial charge in [0, 0.05) is 23.0 Å². The molecule has 2 rings (SSSR count). The summed E-state index contributed by atoms with van der Waals surface area (Å²) in [5, 5.41) is 4.47. The third kappa shape index (κ3) is 6.57. The number of hydrogen-bond acceptors (Lipinski definition) is 4. The number of sulfone groups is 1. The van der Waals surface area contributed by atoms with Gasteiger partial charge in [0.15, 0.2) is 9.84 Å². The van der Waals surface area contributed by atoms with Crippen molar-refractivity contribution < 1.29 is 48.7 Å². The second kappa shape index (κ2) is 11.1. The van der Waals surface area contributed by atoms with E-state index in [1.807, 2.05) is 0 Å². The van der Waals surface area contributed by atoms with Crippen molar-refractivity contribution in [2.24, 2.45) is 0 Å². The molecular formula is C23H22ClF7N2O4S. The first kappa shape index (κ1) is 31.3. The highest BCUT2D eigenvalue weighted by molar-refractivity contribution is 7.91. The van der Waals surface area contributed by atoms with Gasteiger partial charge in [-0.3, -0.25) is 9.59 Å². The van der Waals surface area contributed by atoms with Gasteiger partial charge in [0.05, 0.1) is 21.9 Å². The predicted octanol–water partition coefficient (Wildman–Crippen LogP) is 5.74. The molecule has 0 radical (unpaired) electrons. The Morgan fingerprint density at radius 3 is 2.05 bits per heavy atom. The van der Waals surface area contributed by atoms with Gasteiger partial charge in [0.2, 0.25) is 0 Å². The Balaban J connectivity index is 2.39. The van der Waals surface area contributed by atoms with Crippen LogP contribution in [0.25, 0.3) is 0 Å². The SMILES string of the molecule is CCS(=O)(=O)C[C@@H](C)NC(=O)c1c(Cl)cccc1C(=O)Nc1ccc(C(F)(C(F)(F)F)C(F)(F)F)cc1C. The molecule has 2 N–H and O–H groups in total. The zero-order valence-corrected chi connectivity index (χ0v) is 21.6. The van der Waals surface area contributed by atoms with Crippen LogP contribution in [0.4, 0.5) is 36.4 Å². The van der Waals surface area contributed by atoms with Gasteiger partial charge in [-0.25, -0.2) is 12.8 Å². The summed E-state index contributed by atoms with van der Waals surface area (Å²) in [6.45, 7) is 3.89. The highest BCUT2D eigenvalue weighted by Gasteiger charge is 2.73. The zero-order valence-electron chi connectivity index (χ0n) is 20.0. The molecule has 0 aliphatic heterocycles. The molecule has 15 heteroatoms. The summed E-state index contributed by atoms with van der Waals surface area (Å²) in [5.74, 6) is -2.47. The molecule has 0 heterocycles. The standard InChI is InChI=1S/C23H22ClF7N2O4S/c1-4-38(36,37)11-13(3)32-20(35)18-15(6-5-7-16(18)24)19(34)33-17-9-8-14(10-12(17)2)21(25,22(26,27)28)23(29,30)31/h5-10,13H,4,11H2,1-3H3,(H,32,35)(H,33,34)/t13-/m1/s1. The topological polar surface area (TPSA) is 92.3 Å². The summed E-state index contributed by atoms with van der Waals surface area (Å²) in [7, 11) is -3.46. The molecule has 0 unspecified atom stereocenters. The summed E-state index contributed by atoms with van der Waals surface area (Å²) >= 11 is 6.09. The number of rotatable bonds is 8. The largest absolute Gasteiger partial charge is 0.435 e. The molecule has 0 spiro atoms. The number of amides is 2. The van der Waals surface area contributed by atoms with Crippen LogP contribution < -0.4 is 10.6 Å². The van der Waals surface area contributed by atoms with Crippen molar-refractivity contribution in [1.82, 2.24) is 5.32 Å². The number of hydrogen-bond donors (Lipinski definition) is 2. The van der Waals surface area contributed by atoms with Gasteiger partial charge in [0.25, 0.3) is 11.8 Å². The molecule has 6 nitrogen and oxygen atoms in total. The van der Waals surface area contributed by atoms with Gasteiger partial charge in [-0.2, -0.15) is 26.3 Å². The lowest BCUT2D eigenvalue weighted by atomic mass is 9.92. The Bertz CT molecular complexity index is 1310. The molecule has 0 aliphatic carbocycles. The van der Waals surface area contributed by atoms with Crippen molar-refractivity contribution >= 4 is 38.9 Å². The molecule has 0 saturated carbocycles. The fourth-order valence-corrected chi connectivity index (χ4v) is 4.82. The Labute approximate surface area is 218 Å². The number of aryl methyl sites for hydroxylation is 1. The molecule has 210 valence electrons. The van der Waals surface area contributed by atoms with E-state index in [0.717, 1.165) is 6.92 Å². The number of halogens is 8. The second-order valence-electron chi connectivity index (χ2n) is 8.37. The summed E-state index contributed by atoms with van der Waals surface area (Å²) < 4.78 is 116. The van der Waals surface area contributed by atoms with Crippen LogP contribution in [0.5, 0.6) is 0 Å². The van der Waals surface area contributed by atoms with E-state index in [1.54, 1.807) is 0 Å². The fourth-order valence-electron chi connectivity index (χ4n) is 3.48. The molecule has 2 aromatic carbocycles. The van der Waals surface area contributed by atoms with Crippen LogP contribution in [0.1, 0.15) is 45.7 Å². The quantitative estimate of drug-likeness (QED) is 0.384. The summed E-state index contributed by atoms with van der Waals surface area (Å²) in [5.41, 5.74) is -8.65. The maximum absolute atomic E-state index is 14.4. The minimum atomic E-state index is -6.31. The first-order chi connectivity index (χ1) is 17.2. The lowest BCUT2D eigenvalue weighted by Gasteiger charge is -2.30. The number of carbonyl (C=O) groups is 2. The van der Waals surface area contributed by atoms with Crippen molar-refractivity contribution in [2.75, 3.05) is 16.8 Å². The third-order valence-corrected chi connectivity index (χ3v) is 7.66. The smallest absolute Gasteiger partial charge is 0.348 e. The minimum Gasteiger partial charge on any atom is -0.348 e. The van der Waals surface area contributed by atoms with E-state index in [1.165, 1.54) is 32.0 Å². The Hall–Kier alpha value is -2.87. The van der Waals surface area contributed by atoms with Crippen LogP contribution in [0, 0.1) is 6.92 Å². The van der Waals surface area contributed by atoms with Gasteiger partial charge < -0.3 is 10.6 Å². The van der Waals surface area contributed by atoms with Crippen LogP contribution in [-0.4, -0.2) is 50.1 Å². The van der Waals surface area contributed by atoms with E-state index >= 15 is 0 Å². The molecule has 0 fully saturated rings. The number of alkyl halides is 7. The number of anilines is 1. The molecule has 0 bridgehead atoms. The van der Waals surface area contributed by atoms with Crippen LogP contribution in [0.15, 0.2) is 36.4 Å². The first-order valence-corrected chi connectivity index (χ1v) is 13.0. The Morgan fingerprint density at radius 2 is 1.55 bits per heavy atom. The highest BCUT2D eigenvalue weighted by atomic mass is 35.5. The van der Waals surface area contributed by atoms with Crippen molar-refractivity contribution in [3.8, 4) is 0 Å². The normalized spacial score (nSPS) is 13.7. The van der Waals surface area contributed by atoms with E-state index in [2.05, 4.69) is 10.6 Å². The van der Waals surface area contributed by atoms with E-state index < -0.39 is 57.0 Å². The molecular weight excluding hydrogens is 569 g/mol. The maximum Gasteiger partial charge on any atom is 0.435 e. The molecule has 0 saturated heterocycles. The maximum atomic E-state index is 14.4.